The SMILES string of the molecule is CC1=CC(C)([N+](=O)[O-])C(C)=CC1(C)[N+](=O)[O-]. The molecule has 1 aliphatic rings. The van der Waals surface area contributed by atoms with Crippen LogP contribution in [0.1, 0.15) is 27.7 Å². The predicted molar refractivity (Wildman–Crippen MR) is 58.3 cm³/mol. The largest absolute Gasteiger partial charge is 0.263 e. The first-order valence-corrected chi connectivity index (χ1v) is 4.83. The molecule has 0 saturated carbocycles. The number of rotatable bonds is 2. The van der Waals surface area contributed by atoms with Crippen LogP contribution in [0.25, 0.3) is 0 Å². The molecule has 2 unspecified atom stereocenters. The molecule has 0 aromatic carbocycles. The number of hydrogen-bond acceptors (Lipinski definition) is 4. The average molecular weight is 226 g/mol. The van der Waals surface area contributed by atoms with Crippen LogP contribution >= 0.6 is 0 Å². The highest BCUT2D eigenvalue weighted by atomic mass is 16.6. The average Bonchev–Trinajstić information content (AvgIpc) is 2.14. The van der Waals surface area contributed by atoms with Crippen LogP contribution in [0.15, 0.2) is 23.3 Å². The smallest absolute Gasteiger partial charge is 0.259 e. The highest BCUT2D eigenvalue weighted by Crippen LogP contribution is 2.36. The third kappa shape index (κ3) is 1.50. The van der Waals surface area contributed by atoms with E-state index in [9.17, 15) is 20.2 Å². The van der Waals surface area contributed by atoms with Gasteiger partial charge in [-0.25, -0.2) is 0 Å². The van der Waals surface area contributed by atoms with Gasteiger partial charge in [-0.2, -0.15) is 0 Å². The van der Waals surface area contributed by atoms with E-state index in [0.29, 0.717) is 11.1 Å². The predicted octanol–water partition coefficient (Wildman–Crippen LogP) is 1.96. The van der Waals surface area contributed by atoms with E-state index >= 15 is 0 Å². The lowest BCUT2D eigenvalue weighted by atomic mass is 9.77. The van der Waals surface area contributed by atoms with Crippen LogP contribution in [0.2, 0.25) is 0 Å². The van der Waals surface area contributed by atoms with Gasteiger partial charge in [-0.15, -0.1) is 0 Å². The van der Waals surface area contributed by atoms with Crippen LogP contribution in [-0.4, -0.2) is 20.9 Å². The lowest BCUT2D eigenvalue weighted by molar-refractivity contribution is -0.551. The van der Waals surface area contributed by atoms with E-state index in [-0.39, 0.29) is 0 Å². The van der Waals surface area contributed by atoms with Crippen molar-refractivity contribution in [3.8, 4) is 0 Å². The Balaban J connectivity index is 3.36. The summed E-state index contributed by atoms with van der Waals surface area (Å²) in [6.45, 7) is 5.99. The molecular formula is C10H14N2O4. The molecule has 2 atom stereocenters. The molecule has 0 fully saturated rings. The molecule has 0 bridgehead atoms. The molecule has 0 saturated heterocycles. The zero-order valence-corrected chi connectivity index (χ0v) is 9.68. The number of hydrogen-bond donors (Lipinski definition) is 0. The third-order valence-electron chi connectivity index (χ3n) is 3.35. The van der Waals surface area contributed by atoms with Gasteiger partial charge in [0, 0.05) is 47.0 Å². The lowest BCUT2D eigenvalue weighted by Crippen LogP contribution is -2.44. The zero-order valence-electron chi connectivity index (χ0n) is 9.68. The molecule has 16 heavy (non-hydrogen) atoms. The van der Waals surface area contributed by atoms with E-state index in [4.69, 9.17) is 0 Å². The zero-order chi connectivity index (χ0) is 12.7. The van der Waals surface area contributed by atoms with E-state index in [2.05, 4.69) is 0 Å². The summed E-state index contributed by atoms with van der Waals surface area (Å²) in [6.07, 6.45) is 2.73. The summed E-state index contributed by atoms with van der Waals surface area (Å²) in [5, 5.41) is 21.9. The second-order valence-electron chi connectivity index (χ2n) is 4.46. The van der Waals surface area contributed by atoms with Crippen molar-refractivity contribution in [3.05, 3.63) is 43.5 Å². The van der Waals surface area contributed by atoms with Crippen molar-refractivity contribution in [2.45, 2.75) is 38.8 Å². The van der Waals surface area contributed by atoms with Crippen LogP contribution in [0, 0.1) is 20.2 Å². The Kier molecular flexibility index (Phi) is 2.62. The van der Waals surface area contributed by atoms with E-state index in [0.717, 1.165) is 0 Å². The highest BCUT2D eigenvalue weighted by Gasteiger charge is 2.49. The van der Waals surface area contributed by atoms with Crippen LogP contribution in [0.4, 0.5) is 0 Å². The Morgan fingerprint density at radius 1 is 0.938 bits per heavy atom. The molecular weight excluding hydrogens is 212 g/mol. The van der Waals surface area contributed by atoms with Gasteiger partial charge in [-0.3, -0.25) is 20.2 Å². The van der Waals surface area contributed by atoms with E-state index in [1.807, 2.05) is 0 Å². The second-order valence-corrected chi connectivity index (χ2v) is 4.46. The van der Waals surface area contributed by atoms with Crippen molar-refractivity contribution in [1.29, 1.82) is 0 Å². The van der Waals surface area contributed by atoms with Gasteiger partial charge in [0.1, 0.15) is 0 Å². The molecule has 0 radical (unpaired) electrons. The minimum Gasteiger partial charge on any atom is -0.263 e. The van der Waals surface area contributed by atoms with Crippen molar-refractivity contribution < 1.29 is 9.85 Å². The molecule has 0 spiro atoms. The van der Waals surface area contributed by atoms with Gasteiger partial charge in [-0.05, 0) is 13.8 Å². The van der Waals surface area contributed by atoms with Crippen LogP contribution < -0.4 is 0 Å². The fraction of sp³-hybridized carbons (Fsp3) is 0.600. The van der Waals surface area contributed by atoms with Crippen molar-refractivity contribution in [3.63, 3.8) is 0 Å². The van der Waals surface area contributed by atoms with E-state index in [1.165, 1.54) is 26.0 Å². The van der Waals surface area contributed by atoms with Gasteiger partial charge >= 0.3 is 0 Å². The van der Waals surface area contributed by atoms with Crippen LogP contribution in [0.5, 0.6) is 0 Å². The molecule has 0 aliphatic heterocycles. The Morgan fingerprint density at radius 3 is 1.38 bits per heavy atom. The summed E-state index contributed by atoms with van der Waals surface area (Å²) in [6, 6.07) is 0. The minimum atomic E-state index is -1.33. The fourth-order valence-electron chi connectivity index (χ4n) is 1.76. The summed E-state index contributed by atoms with van der Waals surface area (Å²) in [5.41, 5.74) is -1.89. The first-order chi connectivity index (χ1) is 7.14. The fourth-order valence-corrected chi connectivity index (χ4v) is 1.76. The molecule has 0 heterocycles. The van der Waals surface area contributed by atoms with Gasteiger partial charge in [0.15, 0.2) is 0 Å². The lowest BCUT2D eigenvalue weighted by Gasteiger charge is -2.29. The molecule has 1 aliphatic carbocycles. The van der Waals surface area contributed by atoms with Gasteiger partial charge in [0.2, 0.25) is 0 Å². The van der Waals surface area contributed by atoms with Crippen molar-refractivity contribution in [1.82, 2.24) is 0 Å². The Morgan fingerprint density at radius 2 is 1.19 bits per heavy atom. The third-order valence-corrected chi connectivity index (χ3v) is 3.35. The minimum absolute atomic E-state index is 0.391. The quantitative estimate of drug-likeness (QED) is 0.409. The monoisotopic (exact) mass is 226 g/mol. The van der Waals surface area contributed by atoms with Gasteiger partial charge in [0.25, 0.3) is 11.1 Å². The van der Waals surface area contributed by atoms with Crippen LogP contribution in [0.3, 0.4) is 0 Å². The number of nitrogens with zero attached hydrogens (tertiary/aromatic N) is 2. The van der Waals surface area contributed by atoms with Gasteiger partial charge < -0.3 is 0 Å². The molecule has 0 amide bonds. The molecule has 0 aromatic heterocycles. The maximum atomic E-state index is 11.0. The summed E-state index contributed by atoms with van der Waals surface area (Å²) in [7, 11) is 0. The van der Waals surface area contributed by atoms with Crippen LogP contribution in [-0.2, 0) is 0 Å². The van der Waals surface area contributed by atoms with E-state index < -0.39 is 20.9 Å². The molecule has 88 valence electrons. The topological polar surface area (TPSA) is 86.3 Å². The molecule has 6 nitrogen and oxygen atoms in total. The van der Waals surface area contributed by atoms with Crippen molar-refractivity contribution in [2.75, 3.05) is 0 Å². The maximum Gasteiger partial charge on any atom is 0.259 e. The van der Waals surface area contributed by atoms with E-state index in [1.54, 1.807) is 13.8 Å². The highest BCUT2D eigenvalue weighted by molar-refractivity contribution is 5.38. The molecule has 0 aromatic rings. The number of nitro groups is 2. The standard InChI is InChI=1S/C10H14N2O4/c1-7-5-10(4,12(15)16)8(2)6-9(7,3)11(13)14/h5-6H,1-4H3. The Hall–Kier alpha value is -1.72. The van der Waals surface area contributed by atoms with Crippen molar-refractivity contribution in [2.24, 2.45) is 0 Å². The normalized spacial score (nSPS) is 34.0. The summed E-state index contributed by atoms with van der Waals surface area (Å²) in [4.78, 5) is 21.1. The molecule has 0 N–H and O–H groups in total. The summed E-state index contributed by atoms with van der Waals surface area (Å²) in [5.74, 6) is 0. The first kappa shape index (κ1) is 12.4. The summed E-state index contributed by atoms with van der Waals surface area (Å²) < 4.78 is 0. The Labute approximate surface area is 92.9 Å². The Bertz CT molecular complexity index is 387. The maximum absolute atomic E-state index is 11.0. The summed E-state index contributed by atoms with van der Waals surface area (Å²) >= 11 is 0. The molecule has 6 heteroatoms. The second kappa shape index (κ2) is 3.40. The van der Waals surface area contributed by atoms with Gasteiger partial charge in [-0.1, -0.05) is 0 Å². The van der Waals surface area contributed by atoms with Crippen molar-refractivity contribution >= 4 is 0 Å². The first-order valence-electron chi connectivity index (χ1n) is 4.83. The molecule has 1 rings (SSSR count). The van der Waals surface area contributed by atoms with Gasteiger partial charge in [0.05, 0.1) is 0 Å².